The number of nitrogens with one attached hydrogen (secondary N) is 2. The highest BCUT2D eigenvalue weighted by atomic mass is 16.5. The lowest BCUT2D eigenvalue weighted by molar-refractivity contribution is -0.124. The van der Waals surface area contributed by atoms with Crippen LogP contribution in [0.3, 0.4) is 0 Å². The number of hydrogen-bond donors (Lipinski definition) is 2. The Balaban J connectivity index is 1.44. The number of carbonyl (C=O) groups excluding carboxylic acids is 1. The molecule has 1 aliphatic heterocycles. The van der Waals surface area contributed by atoms with Crippen LogP contribution in [0.2, 0.25) is 0 Å². The molecule has 1 aromatic carbocycles. The molecule has 1 saturated heterocycles. The summed E-state index contributed by atoms with van der Waals surface area (Å²) in [6.45, 7) is 4.07. The minimum Gasteiger partial charge on any atom is -0.368 e. The summed E-state index contributed by atoms with van der Waals surface area (Å²) in [5.41, 5.74) is 3.36. The normalized spacial score (nSPS) is 16.6. The number of aromatic nitrogens is 4. The van der Waals surface area contributed by atoms with Crippen molar-refractivity contribution in [2.24, 2.45) is 0 Å². The van der Waals surface area contributed by atoms with E-state index in [9.17, 15) is 4.79 Å². The highest BCUT2D eigenvalue weighted by Gasteiger charge is 2.23. The Morgan fingerprint density at radius 2 is 2.26 bits per heavy atom. The first-order valence-electron chi connectivity index (χ1n) is 9.15. The van der Waals surface area contributed by atoms with Crippen molar-refractivity contribution >= 4 is 28.6 Å². The van der Waals surface area contributed by atoms with Crippen LogP contribution in [0.1, 0.15) is 25.3 Å². The number of imidazole rings is 1. The zero-order valence-corrected chi connectivity index (χ0v) is 15.2. The summed E-state index contributed by atoms with van der Waals surface area (Å²) < 4.78 is 7.40. The van der Waals surface area contributed by atoms with Gasteiger partial charge in [-0.2, -0.15) is 0 Å². The molecule has 0 saturated carbocycles. The van der Waals surface area contributed by atoms with Crippen molar-refractivity contribution in [3.63, 3.8) is 0 Å². The Morgan fingerprint density at radius 1 is 1.33 bits per heavy atom. The molecule has 2 N–H and O–H groups in total. The average molecular weight is 366 g/mol. The minimum atomic E-state index is -0.338. The van der Waals surface area contributed by atoms with E-state index in [0.717, 1.165) is 41.8 Å². The zero-order chi connectivity index (χ0) is 18.6. The molecule has 0 radical (unpaired) electrons. The second-order valence-electron chi connectivity index (χ2n) is 6.47. The van der Waals surface area contributed by atoms with E-state index in [1.54, 1.807) is 6.33 Å². The molecule has 8 heteroatoms. The van der Waals surface area contributed by atoms with Crippen LogP contribution >= 0.6 is 0 Å². The van der Waals surface area contributed by atoms with Gasteiger partial charge < -0.3 is 19.9 Å². The Labute approximate surface area is 157 Å². The Bertz CT molecular complexity index is 948. The number of aryl methyl sites for hydroxylation is 1. The second kappa shape index (κ2) is 7.71. The molecule has 0 aliphatic carbocycles. The summed E-state index contributed by atoms with van der Waals surface area (Å²) in [6.07, 6.45) is 4.68. The van der Waals surface area contributed by atoms with Crippen molar-refractivity contribution < 1.29 is 9.53 Å². The lowest BCUT2D eigenvalue weighted by atomic mass is 10.2. The number of amides is 1. The number of nitrogens with zero attached hydrogens (tertiary/aromatic N) is 4. The Hall–Kier alpha value is -3.00. The number of ether oxygens (including phenoxy) is 1. The third kappa shape index (κ3) is 3.75. The third-order valence-electron chi connectivity index (χ3n) is 4.62. The van der Waals surface area contributed by atoms with Crippen LogP contribution in [-0.2, 0) is 22.6 Å². The van der Waals surface area contributed by atoms with Crippen LogP contribution in [0.25, 0.3) is 11.2 Å². The van der Waals surface area contributed by atoms with Gasteiger partial charge in [0.15, 0.2) is 11.5 Å². The van der Waals surface area contributed by atoms with Crippen LogP contribution in [-0.4, -0.2) is 38.1 Å². The number of anilines is 2. The zero-order valence-electron chi connectivity index (χ0n) is 15.2. The number of hydrogen-bond acceptors (Lipinski definition) is 6. The molecule has 0 spiro atoms. The lowest BCUT2D eigenvalue weighted by Gasteiger charge is -2.12. The molecule has 3 aromatic rings. The van der Waals surface area contributed by atoms with Crippen LogP contribution in [0.4, 0.5) is 11.5 Å². The van der Waals surface area contributed by atoms with Gasteiger partial charge >= 0.3 is 0 Å². The van der Waals surface area contributed by atoms with E-state index in [-0.39, 0.29) is 12.0 Å². The molecule has 1 unspecified atom stereocenters. The van der Waals surface area contributed by atoms with Crippen molar-refractivity contribution in [1.29, 1.82) is 0 Å². The topological polar surface area (TPSA) is 94.0 Å². The molecule has 1 atom stereocenters. The summed E-state index contributed by atoms with van der Waals surface area (Å²) in [7, 11) is 0. The summed E-state index contributed by atoms with van der Waals surface area (Å²) in [5.74, 6) is 0.612. The number of benzene rings is 1. The maximum absolute atomic E-state index is 12.2. The predicted molar refractivity (Wildman–Crippen MR) is 102 cm³/mol. The molecule has 8 nitrogen and oxygen atoms in total. The van der Waals surface area contributed by atoms with Crippen LogP contribution < -0.4 is 10.6 Å². The largest absolute Gasteiger partial charge is 0.368 e. The highest BCUT2D eigenvalue weighted by molar-refractivity contribution is 5.94. The quantitative estimate of drug-likeness (QED) is 0.696. The van der Waals surface area contributed by atoms with Gasteiger partial charge in [0.1, 0.15) is 17.9 Å². The first-order chi connectivity index (χ1) is 13.2. The van der Waals surface area contributed by atoms with Gasteiger partial charge in [0.2, 0.25) is 0 Å². The van der Waals surface area contributed by atoms with E-state index >= 15 is 0 Å². The first kappa shape index (κ1) is 17.4. The Kier molecular flexibility index (Phi) is 4.97. The van der Waals surface area contributed by atoms with Gasteiger partial charge in [-0.15, -0.1) is 0 Å². The molecular formula is C19H22N6O2. The van der Waals surface area contributed by atoms with Crippen LogP contribution in [0.5, 0.6) is 0 Å². The van der Waals surface area contributed by atoms with Gasteiger partial charge in [-0.3, -0.25) is 4.79 Å². The first-order valence-corrected chi connectivity index (χ1v) is 9.15. The van der Waals surface area contributed by atoms with Crippen LogP contribution in [0, 0.1) is 0 Å². The Morgan fingerprint density at radius 3 is 3.07 bits per heavy atom. The maximum atomic E-state index is 12.2. The molecule has 1 amide bonds. The minimum absolute atomic E-state index is 0.0831. The highest BCUT2D eigenvalue weighted by Crippen LogP contribution is 2.20. The maximum Gasteiger partial charge on any atom is 0.253 e. The predicted octanol–water partition coefficient (Wildman–Crippen LogP) is 2.58. The fourth-order valence-corrected chi connectivity index (χ4v) is 3.19. The molecule has 27 heavy (non-hydrogen) atoms. The summed E-state index contributed by atoms with van der Waals surface area (Å²) in [5, 5.41) is 6.24. The molecular weight excluding hydrogens is 344 g/mol. The van der Waals surface area contributed by atoms with Gasteiger partial charge in [0.25, 0.3) is 5.91 Å². The van der Waals surface area contributed by atoms with E-state index in [0.29, 0.717) is 19.0 Å². The van der Waals surface area contributed by atoms with Gasteiger partial charge in [-0.25, -0.2) is 15.0 Å². The molecule has 1 aliphatic rings. The lowest BCUT2D eigenvalue weighted by Crippen LogP contribution is -2.26. The van der Waals surface area contributed by atoms with Crippen molar-refractivity contribution in [2.75, 3.05) is 17.2 Å². The van der Waals surface area contributed by atoms with Crippen molar-refractivity contribution in [2.45, 2.75) is 39.0 Å². The fourth-order valence-electron chi connectivity index (χ4n) is 3.19. The third-order valence-corrected chi connectivity index (χ3v) is 4.62. The molecule has 0 bridgehead atoms. The van der Waals surface area contributed by atoms with Crippen molar-refractivity contribution in [1.82, 2.24) is 19.5 Å². The smallest absolute Gasteiger partial charge is 0.253 e. The number of fused-ring (bicyclic) bond motifs is 1. The summed E-state index contributed by atoms with van der Waals surface area (Å²) >= 11 is 0. The van der Waals surface area contributed by atoms with Crippen molar-refractivity contribution in [3.05, 3.63) is 42.5 Å². The van der Waals surface area contributed by atoms with Crippen LogP contribution in [0.15, 0.2) is 36.9 Å². The molecule has 140 valence electrons. The van der Waals surface area contributed by atoms with Crippen molar-refractivity contribution in [3.8, 4) is 0 Å². The fraction of sp³-hybridized carbons (Fsp3) is 0.368. The van der Waals surface area contributed by atoms with Gasteiger partial charge in [-0.05, 0) is 37.5 Å². The van der Waals surface area contributed by atoms with Gasteiger partial charge in [-0.1, -0.05) is 12.1 Å². The average Bonchev–Trinajstić information content (AvgIpc) is 3.36. The van der Waals surface area contributed by atoms with E-state index in [2.05, 4.69) is 25.6 Å². The van der Waals surface area contributed by atoms with E-state index in [4.69, 9.17) is 4.74 Å². The number of carbonyl (C=O) groups is 1. The van der Waals surface area contributed by atoms with E-state index in [1.165, 1.54) is 6.33 Å². The van der Waals surface area contributed by atoms with E-state index in [1.807, 2.05) is 35.8 Å². The molecule has 1 fully saturated rings. The summed E-state index contributed by atoms with van der Waals surface area (Å²) in [4.78, 5) is 25.2. The monoisotopic (exact) mass is 366 g/mol. The molecule has 4 rings (SSSR count). The standard InChI is InChI=1S/C19H22N6O2/c1-2-25-12-23-16-17(21-11-22-18(16)25)20-10-13-5-3-6-14(9-13)24-19(26)15-7-4-8-27-15/h3,5-6,9,11-12,15H,2,4,7-8,10H2,1H3,(H,24,26)(H,20,21,22). The SMILES string of the molecule is CCn1cnc2c(NCc3cccc(NC(=O)C4CCCO4)c3)ncnc21. The molecule has 2 aromatic heterocycles. The summed E-state index contributed by atoms with van der Waals surface area (Å²) in [6, 6.07) is 7.74. The van der Waals surface area contributed by atoms with E-state index < -0.39 is 0 Å². The molecule has 3 heterocycles. The number of rotatable bonds is 6. The van der Waals surface area contributed by atoms with Gasteiger partial charge in [0.05, 0.1) is 6.33 Å². The van der Waals surface area contributed by atoms with Gasteiger partial charge in [0, 0.05) is 25.4 Å². The second-order valence-corrected chi connectivity index (χ2v) is 6.47.